The lowest BCUT2D eigenvalue weighted by Crippen LogP contribution is -2.45. The summed E-state index contributed by atoms with van der Waals surface area (Å²) in [6, 6.07) is 11.8. The molecule has 11 heteroatoms. The largest absolute Gasteiger partial charge is 0.493 e. The number of fused-ring (bicyclic) bond motifs is 1. The maximum atomic E-state index is 15.1. The van der Waals surface area contributed by atoms with E-state index in [1.54, 1.807) is 37.6 Å². The number of benzene rings is 2. The number of carbonyl (C=O) groups is 1. The van der Waals surface area contributed by atoms with Gasteiger partial charge in [0.05, 0.1) is 25.2 Å². The lowest BCUT2D eigenvalue weighted by Gasteiger charge is -2.31. The van der Waals surface area contributed by atoms with Gasteiger partial charge in [-0.25, -0.2) is 8.78 Å². The summed E-state index contributed by atoms with van der Waals surface area (Å²) in [5.41, 5.74) is 1.97. The fourth-order valence-electron chi connectivity index (χ4n) is 4.93. The molecule has 1 saturated heterocycles. The molecule has 0 radical (unpaired) electrons. The summed E-state index contributed by atoms with van der Waals surface area (Å²) in [6.07, 6.45) is -0.282. The number of likely N-dealkylation sites (tertiary alicyclic amines) is 1. The highest BCUT2D eigenvalue weighted by Gasteiger charge is 2.27. The number of methoxy groups -OCH3 is 1. The number of pyridine rings is 1. The minimum absolute atomic E-state index is 0.162. The first-order valence-electron chi connectivity index (χ1n) is 14.2. The van der Waals surface area contributed by atoms with Gasteiger partial charge in [0.15, 0.2) is 17.3 Å². The fourth-order valence-corrected chi connectivity index (χ4v) is 4.93. The van der Waals surface area contributed by atoms with E-state index in [4.69, 9.17) is 14.0 Å². The minimum atomic E-state index is -1.26. The predicted molar refractivity (Wildman–Crippen MR) is 159 cm³/mol. The van der Waals surface area contributed by atoms with E-state index in [1.165, 1.54) is 6.07 Å². The number of aliphatic hydroxyl groups is 1. The van der Waals surface area contributed by atoms with Gasteiger partial charge in [-0.15, -0.1) is 0 Å². The Balaban J connectivity index is 1.26. The number of alkyl halides is 1. The van der Waals surface area contributed by atoms with Crippen LogP contribution in [0.15, 0.2) is 53.2 Å². The quantitative estimate of drug-likeness (QED) is 0.269. The molecule has 1 amide bonds. The third-order valence-electron chi connectivity index (χ3n) is 7.48. The third kappa shape index (κ3) is 7.29. The maximum Gasteiger partial charge on any atom is 0.230 e. The number of hydrogen-bond acceptors (Lipinski definition) is 8. The number of halogens is 2. The number of rotatable bonds is 9. The SMILES string of the molecule is COc1cc2ncc(-c3ccc(CC(=O)Nc4cc(C(C)(C)C)on4)c(F)c3)cc2cc1OCCN1CC[C@H](O)[C@@H](F)C1. The Labute approximate surface area is 248 Å². The highest BCUT2D eigenvalue weighted by atomic mass is 19.1. The second-order valence-electron chi connectivity index (χ2n) is 11.8. The number of anilines is 1. The van der Waals surface area contributed by atoms with Crippen LogP contribution in [-0.4, -0.2) is 71.7 Å². The number of nitrogens with zero attached hydrogens (tertiary/aromatic N) is 3. The van der Waals surface area contributed by atoms with Gasteiger partial charge in [-0.2, -0.15) is 0 Å². The van der Waals surface area contributed by atoms with Crippen LogP contribution in [0.25, 0.3) is 22.0 Å². The number of hydrogen-bond donors (Lipinski definition) is 2. The standard InChI is InChI=1S/C32H36F2N4O5/c1-32(2,3)29-16-30(37-43-29)36-31(40)14-20-6-5-19(12-23(20)33)22-11-21-13-28(27(41-4)15-25(21)35-17-22)42-10-9-38-8-7-26(39)24(34)18-38/h5-6,11-13,15-17,24,26,39H,7-10,14,18H2,1-4H3,(H,36,37,40)/t24-,26-/m0/s1. The van der Waals surface area contributed by atoms with E-state index < -0.39 is 24.0 Å². The zero-order chi connectivity index (χ0) is 30.7. The molecule has 1 aliphatic heterocycles. The van der Waals surface area contributed by atoms with Crippen LogP contribution in [0.3, 0.4) is 0 Å². The third-order valence-corrected chi connectivity index (χ3v) is 7.48. The summed E-state index contributed by atoms with van der Waals surface area (Å²) in [5, 5.41) is 16.9. The Hall–Kier alpha value is -4.09. The fraction of sp³-hybridized carbons (Fsp3) is 0.406. The van der Waals surface area contributed by atoms with Crippen molar-refractivity contribution in [2.24, 2.45) is 0 Å². The highest BCUT2D eigenvalue weighted by molar-refractivity contribution is 5.91. The molecule has 2 N–H and O–H groups in total. The maximum absolute atomic E-state index is 15.1. The van der Waals surface area contributed by atoms with E-state index in [0.29, 0.717) is 60.0 Å². The van der Waals surface area contributed by atoms with Crippen molar-refractivity contribution >= 4 is 22.6 Å². The molecule has 2 atom stereocenters. The van der Waals surface area contributed by atoms with Crippen molar-refractivity contribution in [3.63, 3.8) is 0 Å². The summed E-state index contributed by atoms with van der Waals surface area (Å²) in [6.45, 7) is 7.51. The van der Waals surface area contributed by atoms with E-state index in [1.807, 2.05) is 37.8 Å². The normalized spacial score (nSPS) is 17.7. The molecule has 43 heavy (non-hydrogen) atoms. The second kappa shape index (κ2) is 12.6. The zero-order valence-electron chi connectivity index (χ0n) is 24.7. The number of aromatic nitrogens is 2. The Bertz CT molecular complexity index is 1600. The molecule has 2 aromatic carbocycles. The van der Waals surface area contributed by atoms with Gasteiger partial charge >= 0.3 is 0 Å². The topological polar surface area (TPSA) is 110 Å². The summed E-state index contributed by atoms with van der Waals surface area (Å²) in [7, 11) is 1.54. The predicted octanol–water partition coefficient (Wildman–Crippen LogP) is 5.30. The molecule has 0 aliphatic carbocycles. The van der Waals surface area contributed by atoms with E-state index in [9.17, 15) is 14.3 Å². The Morgan fingerprint density at radius 2 is 1.98 bits per heavy atom. The Morgan fingerprint density at radius 3 is 2.67 bits per heavy atom. The molecule has 0 bridgehead atoms. The highest BCUT2D eigenvalue weighted by Crippen LogP contribution is 2.34. The molecule has 3 heterocycles. The van der Waals surface area contributed by atoms with Gasteiger partial charge in [-0.3, -0.25) is 14.7 Å². The molecule has 1 aliphatic rings. The second-order valence-corrected chi connectivity index (χ2v) is 11.8. The molecule has 4 aromatic rings. The Kier molecular flexibility index (Phi) is 8.93. The number of aliphatic hydroxyl groups excluding tert-OH is 1. The van der Waals surface area contributed by atoms with Crippen LogP contribution in [0.5, 0.6) is 11.5 Å². The monoisotopic (exact) mass is 594 g/mol. The molecular weight excluding hydrogens is 558 g/mol. The Morgan fingerprint density at radius 1 is 1.16 bits per heavy atom. The van der Waals surface area contributed by atoms with Gasteiger partial charge in [0, 0.05) is 54.3 Å². The molecule has 0 saturated carbocycles. The molecule has 1 fully saturated rings. The number of ether oxygens (including phenoxy) is 2. The molecule has 0 unspecified atom stereocenters. The first-order chi connectivity index (χ1) is 20.5. The minimum Gasteiger partial charge on any atom is -0.493 e. The van der Waals surface area contributed by atoms with E-state index in [2.05, 4.69) is 15.5 Å². The molecular formula is C32H36F2N4O5. The lowest BCUT2D eigenvalue weighted by molar-refractivity contribution is -0.115. The van der Waals surface area contributed by atoms with Crippen LogP contribution in [0.2, 0.25) is 0 Å². The number of carbonyl (C=O) groups excluding carboxylic acids is 1. The van der Waals surface area contributed by atoms with E-state index in [-0.39, 0.29) is 29.8 Å². The first-order valence-corrected chi connectivity index (χ1v) is 14.2. The summed E-state index contributed by atoms with van der Waals surface area (Å²) in [4.78, 5) is 19.0. The number of amides is 1. The molecule has 2 aromatic heterocycles. The molecule has 0 spiro atoms. The van der Waals surface area contributed by atoms with Crippen LogP contribution >= 0.6 is 0 Å². The van der Waals surface area contributed by atoms with Crippen molar-refractivity contribution < 1.29 is 32.7 Å². The summed E-state index contributed by atoms with van der Waals surface area (Å²) >= 11 is 0. The van der Waals surface area contributed by atoms with Crippen molar-refractivity contribution in [1.29, 1.82) is 0 Å². The van der Waals surface area contributed by atoms with Crippen LogP contribution in [0.4, 0.5) is 14.6 Å². The van der Waals surface area contributed by atoms with Crippen LogP contribution < -0.4 is 14.8 Å². The van der Waals surface area contributed by atoms with E-state index in [0.717, 1.165) is 5.39 Å². The van der Waals surface area contributed by atoms with Crippen LogP contribution in [0.1, 0.15) is 38.5 Å². The van der Waals surface area contributed by atoms with Gasteiger partial charge in [0.2, 0.25) is 5.91 Å². The zero-order valence-corrected chi connectivity index (χ0v) is 24.7. The average Bonchev–Trinajstić information content (AvgIpc) is 3.44. The van der Waals surface area contributed by atoms with Gasteiger partial charge in [-0.05, 0) is 35.7 Å². The lowest BCUT2D eigenvalue weighted by atomic mass is 9.93. The van der Waals surface area contributed by atoms with Crippen molar-refractivity contribution in [1.82, 2.24) is 15.0 Å². The van der Waals surface area contributed by atoms with Crippen molar-refractivity contribution in [3.8, 4) is 22.6 Å². The molecule has 5 rings (SSSR count). The molecule has 228 valence electrons. The van der Waals surface area contributed by atoms with Gasteiger partial charge < -0.3 is 24.4 Å². The van der Waals surface area contributed by atoms with Crippen LogP contribution in [0, 0.1) is 5.82 Å². The van der Waals surface area contributed by atoms with Gasteiger partial charge in [0.25, 0.3) is 0 Å². The number of nitrogens with one attached hydrogen (secondary N) is 1. The average molecular weight is 595 g/mol. The smallest absolute Gasteiger partial charge is 0.230 e. The molecule has 9 nitrogen and oxygen atoms in total. The summed E-state index contributed by atoms with van der Waals surface area (Å²) < 4.78 is 45.7. The van der Waals surface area contributed by atoms with Crippen LogP contribution in [-0.2, 0) is 16.6 Å². The van der Waals surface area contributed by atoms with Crippen molar-refractivity contribution in [3.05, 3.63) is 65.8 Å². The van der Waals surface area contributed by atoms with Crippen molar-refractivity contribution in [2.45, 2.75) is 51.3 Å². The van der Waals surface area contributed by atoms with Gasteiger partial charge in [0.1, 0.15) is 24.4 Å². The van der Waals surface area contributed by atoms with Crippen molar-refractivity contribution in [2.75, 3.05) is 38.7 Å². The number of piperidine rings is 1. The van der Waals surface area contributed by atoms with E-state index >= 15 is 4.39 Å². The van der Waals surface area contributed by atoms with Gasteiger partial charge in [-0.1, -0.05) is 38.1 Å². The summed E-state index contributed by atoms with van der Waals surface area (Å²) in [5.74, 6) is 1.03. The first kappa shape index (κ1) is 30.4.